The van der Waals surface area contributed by atoms with Crippen molar-refractivity contribution in [1.82, 2.24) is 5.23 Å². The number of aliphatic hydroxyl groups is 5. The summed E-state index contributed by atoms with van der Waals surface area (Å²) < 4.78 is 0. The number of nitrogens with zero attached hydrogens (tertiary/aromatic N) is 1. The van der Waals surface area contributed by atoms with E-state index in [9.17, 15) is 0 Å². The van der Waals surface area contributed by atoms with E-state index in [1.165, 1.54) is 0 Å². The zero-order valence-corrected chi connectivity index (χ0v) is 7.17. The molecule has 7 N–H and O–H groups in total. The molecule has 0 radical (unpaired) electrons. The molecule has 0 aromatic heterocycles. The predicted octanol–water partition coefficient (Wildman–Crippen LogP) is -3.67. The number of hydrogen-bond donors (Lipinski definition) is 7. The molecule has 0 saturated heterocycles. The van der Waals surface area contributed by atoms with E-state index in [0.717, 1.165) is 0 Å². The predicted molar refractivity (Wildman–Crippen MR) is 22.0 cm³/mol. The van der Waals surface area contributed by atoms with Gasteiger partial charge in [0.2, 0.25) is 0 Å². The van der Waals surface area contributed by atoms with E-state index in [1.54, 1.807) is 0 Å². The summed E-state index contributed by atoms with van der Waals surface area (Å²) in [5.74, 6) is -8.00. The summed E-state index contributed by atoms with van der Waals surface area (Å²) in [4.78, 5) is 0. The van der Waals surface area contributed by atoms with Gasteiger partial charge in [0.05, 0.1) is 0 Å². The van der Waals surface area contributed by atoms with E-state index in [4.69, 9.17) is 35.9 Å². The zero-order valence-electron chi connectivity index (χ0n) is 4.89. The number of hydroxylamine groups is 2. The first kappa shape index (κ1) is 13.9. The van der Waals surface area contributed by atoms with Crippen molar-refractivity contribution < 1.29 is 57.0 Å². The van der Waals surface area contributed by atoms with Crippen LogP contribution in [0.1, 0.15) is 0 Å². The van der Waals surface area contributed by atoms with Gasteiger partial charge in [0.15, 0.2) is 0 Å². The van der Waals surface area contributed by atoms with Crippen molar-refractivity contribution in [3.8, 4) is 0 Å². The summed E-state index contributed by atoms with van der Waals surface area (Å²) in [6, 6.07) is 0. The van der Waals surface area contributed by atoms with Gasteiger partial charge in [-0.25, -0.2) is 0 Å². The van der Waals surface area contributed by atoms with Gasteiger partial charge in [-0.05, 0) is 5.23 Å². The quantitative estimate of drug-likeness (QED) is 0.199. The van der Waals surface area contributed by atoms with Crippen LogP contribution in [0.5, 0.6) is 0 Å². The topological polar surface area (TPSA) is 145 Å². The molecule has 0 fully saturated rings. The Kier molecular flexibility index (Phi) is 4.88. The Labute approximate surface area is 74.7 Å². The molecular weight excluding hydrogens is 345 g/mol. The average molecular weight is 352 g/mol. The number of hydrogen-bond acceptors (Lipinski definition) is 8. The number of rotatable bonds is 2. The second-order valence-electron chi connectivity index (χ2n) is 1.56. The van der Waals surface area contributed by atoms with E-state index in [-0.39, 0.29) is 21.1 Å². The summed E-state index contributed by atoms with van der Waals surface area (Å²) in [7, 11) is 0. The van der Waals surface area contributed by atoms with Gasteiger partial charge in [0.25, 0.3) is 0 Å². The first-order valence-electron chi connectivity index (χ1n) is 1.99. The normalized spacial score (nSPS) is 13.1. The van der Waals surface area contributed by atoms with E-state index in [2.05, 4.69) is 0 Å². The van der Waals surface area contributed by atoms with Crippen LogP contribution in [0.4, 0.5) is 0 Å². The second-order valence-corrected chi connectivity index (χ2v) is 1.56. The summed E-state index contributed by atoms with van der Waals surface area (Å²) in [6.45, 7) is 0. The molecule has 0 amide bonds. The van der Waals surface area contributed by atoms with Crippen LogP contribution in [-0.2, 0) is 21.1 Å². The Morgan fingerprint density at radius 1 is 0.818 bits per heavy atom. The first-order chi connectivity index (χ1) is 4.19. The first-order valence-corrected chi connectivity index (χ1v) is 1.99. The molecule has 72 valence electrons. The van der Waals surface area contributed by atoms with Crippen molar-refractivity contribution >= 4 is 0 Å². The summed E-state index contributed by atoms with van der Waals surface area (Å²) in [5.41, 5.74) is 0. The second kappa shape index (κ2) is 3.85. The Balaban J connectivity index is 0. The van der Waals surface area contributed by atoms with Crippen molar-refractivity contribution in [2.45, 2.75) is 11.9 Å². The van der Waals surface area contributed by atoms with Gasteiger partial charge < -0.3 is 25.5 Å². The van der Waals surface area contributed by atoms with Crippen molar-refractivity contribution in [2.24, 2.45) is 0 Å². The van der Waals surface area contributed by atoms with Gasteiger partial charge in [0, 0.05) is 21.1 Å². The molecule has 0 aromatic rings. The van der Waals surface area contributed by atoms with E-state index in [0.29, 0.717) is 0 Å². The fraction of sp³-hybridized carbons (Fsp3) is 1.00. The van der Waals surface area contributed by atoms with Crippen LogP contribution >= 0.6 is 0 Å². The molecule has 0 atom stereocenters. The van der Waals surface area contributed by atoms with E-state index in [1.807, 2.05) is 0 Å². The van der Waals surface area contributed by atoms with Gasteiger partial charge in [0.1, 0.15) is 0 Å². The van der Waals surface area contributed by atoms with Crippen molar-refractivity contribution in [3.05, 3.63) is 0 Å². The van der Waals surface area contributed by atoms with Crippen molar-refractivity contribution in [3.63, 3.8) is 0 Å². The molecular formula is C2H7NO7Pt. The third-order valence-corrected chi connectivity index (χ3v) is 0.729. The maximum atomic E-state index is 8.16. The zero-order chi connectivity index (χ0) is 8.58. The molecule has 0 aliphatic heterocycles. The average Bonchev–Trinajstić information content (AvgIpc) is 1.62. The Morgan fingerprint density at radius 2 is 1.09 bits per heavy atom. The molecule has 0 unspecified atom stereocenters. The monoisotopic (exact) mass is 352 g/mol. The van der Waals surface area contributed by atoms with Crippen molar-refractivity contribution in [2.75, 3.05) is 0 Å². The third-order valence-electron chi connectivity index (χ3n) is 0.729. The Morgan fingerprint density at radius 3 is 1.09 bits per heavy atom. The van der Waals surface area contributed by atoms with Crippen LogP contribution in [0.25, 0.3) is 0 Å². The van der Waals surface area contributed by atoms with Crippen LogP contribution in [0.2, 0.25) is 0 Å². The minimum Gasteiger partial charge on any atom is -0.344 e. The third kappa shape index (κ3) is 3.07. The summed E-state index contributed by atoms with van der Waals surface area (Å²) in [5, 5.41) is 54.5. The van der Waals surface area contributed by atoms with Gasteiger partial charge in [-0.2, -0.15) is 0 Å². The fourth-order valence-corrected chi connectivity index (χ4v) is 0.134. The molecule has 0 bridgehead atoms. The standard InChI is InChI=1S/C2H7NO7.Pt/c4-1(5,3(9)10)2(6,7)8;/h4-10H;. The van der Waals surface area contributed by atoms with Crippen LogP contribution in [0, 0.1) is 0 Å². The van der Waals surface area contributed by atoms with Crippen LogP contribution in [0.15, 0.2) is 0 Å². The maximum absolute atomic E-state index is 8.16. The molecule has 0 aromatic carbocycles. The Hall–Kier alpha value is 0.368. The molecule has 0 aliphatic carbocycles. The van der Waals surface area contributed by atoms with Crippen LogP contribution < -0.4 is 0 Å². The van der Waals surface area contributed by atoms with Crippen LogP contribution in [0.3, 0.4) is 0 Å². The van der Waals surface area contributed by atoms with Gasteiger partial charge >= 0.3 is 11.9 Å². The minimum atomic E-state index is -4.05. The molecule has 9 heteroatoms. The van der Waals surface area contributed by atoms with Crippen LogP contribution in [-0.4, -0.2) is 53.1 Å². The summed E-state index contributed by atoms with van der Waals surface area (Å²) >= 11 is 0. The van der Waals surface area contributed by atoms with Gasteiger partial charge in [-0.1, -0.05) is 0 Å². The van der Waals surface area contributed by atoms with E-state index < -0.39 is 17.1 Å². The minimum absolute atomic E-state index is 0. The smallest absolute Gasteiger partial charge is 0.344 e. The fourth-order valence-electron chi connectivity index (χ4n) is 0.134. The maximum Gasteiger partial charge on any atom is 0.356 e. The molecule has 8 nitrogen and oxygen atoms in total. The molecule has 0 saturated carbocycles. The molecule has 0 rings (SSSR count). The van der Waals surface area contributed by atoms with Gasteiger partial charge in [-0.15, -0.1) is 0 Å². The molecule has 0 aliphatic rings. The molecule has 0 heterocycles. The SMILES string of the molecule is ON(O)C(O)(O)C(O)(O)O.[Pt]. The largest absolute Gasteiger partial charge is 0.356 e. The molecule has 11 heavy (non-hydrogen) atoms. The Bertz CT molecular complexity index is 118. The molecule has 0 spiro atoms. The summed E-state index contributed by atoms with van der Waals surface area (Å²) in [6.07, 6.45) is 0. The van der Waals surface area contributed by atoms with E-state index >= 15 is 0 Å². The van der Waals surface area contributed by atoms with Gasteiger partial charge in [-0.3, -0.25) is 10.4 Å². The van der Waals surface area contributed by atoms with Crippen molar-refractivity contribution in [1.29, 1.82) is 0 Å².